The van der Waals surface area contributed by atoms with Crippen molar-refractivity contribution in [3.8, 4) is 65.7 Å². The largest absolute Gasteiger partial charge is 0.512 e. The van der Waals surface area contributed by atoms with Crippen molar-refractivity contribution in [3.63, 3.8) is 0 Å². The number of carbonyl (C=O) groups is 4. The molecule has 625 valence electrons. The molecule has 8 aromatic carbocycles. The Labute approximate surface area is 778 Å². The standard InChI is InChI=1S/C13H8NO.2C13H8NS.C12H7F3N.C11H8N.C9H6NS.4C5H8O2.5Ir.Pt/c3*1-2-6-10(7-3-1)13-14-11-8-4-5-9-12(11)15-13;13-12(14,15)10-6-4-9(5-7-10)11-3-1-2-8-16-11;1-2-6-10(7-3-1)11-8-4-5-9-12-11;1-2-6-10-8(4-1)9-5-3-7-11-9;4*1-4(6)3-5(2)7;;;;;;/h3*1-6,8-9H;1-4,6-8H;1-6,8-9H;1-4,6-7H;4*3,6H,1-2H3;;;;;;/q6*-1;;;;;;;;;;. The van der Waals surface area contributed by atoms with Gasteiger partial charge in [0, 0.05) is 184 Å². The van der Waals surface area contributed by atoms with E-state index in [0.29, 0.717) is 17.1 Å². The molecule has 15 nitrogen and oxygen atoms in total. The van der Waals surface area contributed by atoms with Crippen molar-refractivity contribution in [3.05, 3.63) is 362 Å². The number of aliphatic hydroxyl groups excluding tert-OH is 4. The van der Waals surface area contributed by atoms with Crippen molar-refractivity contribution in [1.82, 2.24) is 29.9 Å². The Morgan fingerprint density at radius 2 is 0.720 bits per heavy atom. The summed E-state index contributed by atoms with van der Waals surface area (Å²) in [4.78, 5) is 67.1. The number of hydrogen-bond donors (Lipinski definition) is 4. The zero-order valence-corrected chi connectivity index (χ0v) is 80.8. The van der Waals surface area contributed by atoms with Gasteiger partial charge in [0.1, 0.15) is 11.5 Å². The van der Waals surface area contributed by atoms with Crippen LogP contribution in [-0.4, -0.2) is 73.5 Å². The molecule has 0 saturated carbocycles. The Bertz CT molecular complexity index is 4930. The van der Waals surface area contributed by atoms with Crippen LogP contribution >= 0.6 is 34.0 Å². The van der Waals surface area contributed by atoms with Crippen molar-refractivity contribution in [2.75, 3.05) is 0 Å². The van der Waals surface area contributed by atoms with Crippen LogP contribution in [0.15, 0.2) is 324 Å². The SMILES string of the molecule is CC(=O)C=C(C)O.CC(=O)C=C(C)O.CC(=O)C=C(C)O.CC(=O)C=C(C)O.FC(F)(F)c1c[c-]c(-c2ccccn2)cc1.[Ir].[Ir].[Ir].[Ir].[Ir].[Pt].[c-]1ccccc1-c1ccccn1.[c-]1ccccc1-c1nc2ccccc2o1.[c-]1ccccc1-c1nc2ccccc2s1.[c-]1ccccc1-c1nc2ccccc2s1.[c-]1ccsc1-c1ccccn1. The number of benzene rings is 8. The molecule has 4 N–H and O–H groups in total. The number of thiazole rings is 2. The fraction of sp³-hybridized carbons (Fsp3) is 0.0989. The van der Waals surface area contributed by atoms with Crippen LogP contribution in [0.1, 0.15) is 61.0 Å². The van der Waals surface area contributed by atoms with Crippen molar-refractivity contribution < 1.29 is 179 Å². The molecule has 0 atom stereocenters. The summed E-state index contributed by atoms with van der Waals surface area (Å²) >= 11 is 5.07. The summed E-state index contributed by atoms with van der Waals surface area (Å²) in [6.45, 7) is 11.4. The van der Waals surface area contributed by atoms with Crippen LogP contribution in [0.3, 0.4) is 0 Å². The zero-order chi connectivity index (χ0) is 81.1. The number of allylic oxidation sites excluding steroid dienone is 8. The molecule has 15 aromatic rings. The molecule has 118 heavy (non-hydrogen) atoms. The van der Waals surface area contributed by atoms with Gasteiger partial charge in [-0.05, 0) is 133 Å². The maximum absolute atomic E-state index is 12.3. The number of alkyl halides is 3. The molecule has 5 radical (unpaired) electrons. The summed E-state index contributed by atoms with van der Waals surface area (Å²) in [6.07, 6.45) is 5.51. The summed E-state index contributed by atoms with van der Waals surface area (Å²) in [5.74, 6) is 0.372. The van der Waals surface area contributed by atoms with E-state index in [1.165, 1.54) is 95.2 Å². The summed E-state index contributed by atoms with van der Waals surface area (Å²) in [7, 11) is 0. The summed E-state index contributed by atoms with van der Waals surface area (Å²) in [5, 5.41) is 37.5. The molecule has 0 aliphatic rings. The monoisotopic (exact) mass is 2710 g/mol. The number of oxazole rings is 1. The first-order valence-corrected chi connectivity index (χ1v) is 36.6. The van der Waals surface area contributed by atoms with E-state index in [2.05, 4.69) is 78.4 Å². The number of pyridine rings is 3. The van der Waals surface area contributed by atoms with Gasteiger partial charge in [0.15, 0.2) is 23.1 Å². The Morgan fingerprint density at radius 1 is 0.373 bits per heavy atom. The van der Waals surface area contributed by atoms with E-state index >= 15 is 0 Å². The number of halogens is 3. The second-order valence-corrected chi connectivity index (χ2v) is 26.2. The first kappa shape index (κ1) is 109. The minimum absolute atomic E-state index is 0. The van der Waals surface area contributed by atoms with Crippen LogP contribution in [0, 0.1) is 36.4 Å². The number of rotatable bonds is 10. The topological polar surface area (TPSA) is 240 Å². The summed E-state index contributed by atoms with van der Waals surface area (Å²) in [5.41, 5.74) is 10.3. The van der Waals surface area contributed by atoms with Crippen molar-refractivity contribution >= 4 is 88.7 Å². The Morgan fingerprint density at radius 3 is 1.03 bits per heavy atom. The number of para-hydroxylation sites is 4. The average Bonchev–Trinajstić information content (AvgIpc) is 1.67. The number of aromatic nitrogens is 6. The Hall–Kier alpha value is -9.27. The van der Waals surface area contributed by atoms with Gasteiger partial charge in [0.05, 0.1) is 39.6 Å². The number of nitrogens with zero attached hydrogens (tertiary/aromatic N) is 6. The van der Waals surface area contributed by atoms with Gasteiger partial charge in [-0.1, -0.05) is 83.2 Å². The molecular weight excluding hydrogens is 2630 g/mol. The van der Waals surface area contributed by atoms with Crippen LogP contribution in [-0.2, 0) is 147 Å². The van der Waals surface area contributed by atoms with Crippen LogP contribution in [0.5, 0.6) is 0 Å². The first-order valence-electron chi connectivity index (χ1n) is 34.1. The van der Waals surface area contributed by atoms with Gasteiger partial charge in [0.25, 0.3) is 0 Å². The van der Waals surface area contributed by atoms with Gasteiger partial charge >= 0.3 is 6.18 Å². The molecule has 0 unspecified atom stereocenters. The molecule has 7 aromatic heterocycles. The number of carbonyl (C=O) groups excluding carboxylic acids is 4. The molecule has 0 spiro atoms. The van der Waals surface area contributed by atoms with Crippen LogP contribution in [0.2, 0.25) is 0 Å². The van der Waals surface area contributed by atoms with E-state index in [9.17, 15) is 32.3 Å². The minimum Gasteiger partial charge on any atom is -0.512 e. The van der Waals surface area contributed by atoms with Crippen molar-refractivity contribution in [1.29, 1.82) is 0 Å². The molecular formula is C91H77F3Ir5N6O9PtS3-6. The molecule has 0 aliphatic heterocycles. The predicted octanol–water partition coefficient (Wildman–Crippen LogP) is 23.7. The maximum atomic E-state index is 12.3. The van der Waals surface area contributed by atoms with E-state index in [-0.39, 0.29) is 168 Å². The molecule has 7 heterocycles. The molecule has 0 aliphatic carbocycles. The van der Waals surface area contributed by atoms with Crippen molar-refractivity contribution in [2.45, 2.75) is 61.6 Å². The van der Waals surface area contributed by atoms with Crippen LogP contribution < -0.4 is 0 Å². The smallest absolute Gasteiger partial charge is 0.381 e. The van der Waals surface area contributed by atoms with Gasteiger partial charge in [-0.25, -0.2) is 11.3 Å². The summed E-state index contributed by atoms with van der Waals surface area (Å²) < 4.78 is 44.9. The van der Waals surface area contributed by atoms with E-state index in [1.807, 2.05) is 206 Å². The third kappa shape index (κ3) is 42.9. The fourth-order valence-corrected chi connectivity index (χ4v) is 11.5. The molecule has 0 fully saturated rings. The van der Waals surface area contributed by atoms with Gasteiger partial charge < -0.3 is 39.8 Å². The number of fused-ring (bicyclic) bond motifs is 3. The fourth-order valence-electron chi connectivity index (χ4n) is 8.95. The van der Waals surface area contributed by atoms with E-state index in [1.54, 1.807) is 70.8 Å². The van der Waals surface area contributed by atoms with Gasteiger partial charge in [-0.3, -0.25) is 34.1 Å². The number of thiophene rings is 1. The zero-order valence-electron chi connectivity index (χ0n) is 64.1. The third-order valence-corrected chi connectivity index (χ3v) is 16.4. The van der Waals surface area contributed by atoms with Crippen LogP contribution in [0.4, 0.5) is 13.2 Å². The number of aliphatic hydroxyl groups is 4. The van der Waals surface area contributed by atoms with E-state index in [0.717, 1.165) is 82.8 Å². The number of hydrogen-bond acceptors (Lipinski definition) is 18. The average molecular weight is 2710 g/mol. The molecule has 15 rings (SSSR count). The molecule has 0 saturated heterocycles. The normalized spacial score (nSPS) is 10.2. The van der Waals surface area contributed by atoms with E-state index in [4.69, 9.17) is 24.8 Å². The van der Waals surface area contributed by atoms with Gasteiger partial charge in [-0.15, -0.1) is 173 Å². The predicted molar refractivity (Wildman–Crippen MR) is 443 cm³/mol. The third-order valence-electron chi connectivity index (χ3n) is 13.4. The molecule has 0 amide bonds. The molecule has 27 heteroatoms. The first-order chi connectivity index (χ1) is 53.8. The Kier molecular flexibility index (Phi) is 55.5. The molecule has 0 bridgehead atoms. The van der Waals surface area contributed by atoms with Crippen molar-refractivity contribution in [2.24, 2.45) is 0 Å². The minimum atomic E-state index is -4.32. The second-order valence-electron chi connectivity index (χ2n) is 23.2. The summed E-state index contributed by atoms with van der Waals surface area (Å²) in [6, 6.07) is 96.0. The van der Waals surface area contributed by atoms with Gasteiger partial charge in [-0.2, -0.15) is 48.0 Å². The second kappa shape index (κ2) is 60.2. The maximum Gasteiger partial charge on any atom is 0.381 e. The quantitative estimate of drug-likeness (QED) is 0.0566. The van der Waals surface area contributed by atoms with Gasteiger partial charge in [0.2, 0.25) is 0 Å². The van der Waals surface area contributed by atoms with E-state index < -0.39 is 11.7 Å². The van der Waals surface area contributed by atoms with Crippen LogP contribution in [0.25, 0.3) is 97.2 Å². The Balaban J connectivity index is 0.00000130. The number of ketones is 4.